The summed E-state index contributed by atoms with van der Waals surface area (Å²) in [7, 11) is 0. The summed E-state index contributed by atoms with van der Waals surface area (Å²) in [5, 5.41) is 2.99. The van der Waals surface area contributed by atoms with Gasteiger partial charge in [-0.3, -0.25) is 4.79 Å². The predicted molar refractivity (Wildman–Crippen MR) is 57.9 cm³/mol. The van der Waals surface area contributed by atoms with Gasteiger partial charge in [0, 0.05) is 16.6 Å². The number of hydrogen-bond acceptors (Lipinski definition) is 1. The number of fused-ring (bicyclic) bond motifs is 1. The van der Waals surface area contributed by atoms with Gasteiger partial charge in [0.05, 0.1) is 5.69 Å². The number of H-pyrrole nitrogens is 1. The van der Waals surface area contributed by atoms with E-state index in [9.17, 15) is 4.79 Å². The summed E-state index contributed by atoms with van der Waals surface area (Å²) in [5.74, 6) is 0. The third kappa shape index (κ3) is 1.46. The summed E-state index contributed by atoms with van der Waals surface area (Å²) in [6.45, 7) is 1.89. The molecule has 72 valence electrons. The fourth-order valence-electron chi connectivity index (χ4n) is 1.54. The number of para-hydroxylation sites is 1. The van der Waals surface area contributed by atoms with Crippen LogP contribution in [0.1, 0.15) is 5.69 Å². The van der Waals surface area contributed by atoms with Crippen LogP contribution in [0.3, 0.4) is 0 Å². The summed E-state index contributed by atoms with van der Waals surface area (Å²) in [6, 6.07) is 7.73. The Bertz CT molecular complexity index is 490. The smallest absolute Gasteiger partial charge is 0.318 e. The molecule has 4 heteroatoms. The Morgan fingerprint density at radius 3 is 2.86 bits per heavy atom. The lowest BCUT2D eigenvalue weighted by atomic mass is 10.2. The van der Waals surface area contributed by atoms with Crippen molar-refractivity contribution in [1.29, 1.82) is 0 Å². The van der Waals surface area contributed by atoms with Gasteiger partial charge in [-0.1, -0.05) is 18.2 Å². The van der Waals surface area contributed by atoms with Gasteiger partial charge in [0.15, 0.2) is 0 Å². The molecule has 0 spiro atoms. The van der Waals surface area contributed by atoms with Crippen LogP contribution in [0.5, 0.6) is 0 Å². The molecule has 1 aromatic heterocycles. The van der Waals surface area contributed by atoms with Gasteiger partial charge in [-0.2, -0.15) is 0 Å². The zero-order valence-electron chi connectivity index (χ0n) is 7.60. The highest BCUT2D eigenvalue weighted by atomic mass is 35.5. The summed E-state index contributed by atoms with van der Waals surface area (Å²) in [5.41, 5.74) is 2.64. The standard InChI is InChI=1S/C10H9ClN2O/c1-6-9(13-10(11)14)7-4-2-3-5-8(7)12-6/h2-5,12H,1H3,(H,13,14). The van der Waals surface area contributed by atoms with Crippen LogP contribution in [0.4, 0.5) is 10.5 Å². The second-order valence-electron chi connectivity index (χ2n) is 3.07. The van der Waals surface area contributed by atoms with Gasteiger partial charge in [-0.25, -0.2) is 0 Å². The number of halogens is 1. The molecule has 0 saturated carbocycles. The molecule has 0 unspecified atom stereocenters. The Morgan fingerprint density at radius 2 is 2.14 bits per heavy atom. The maximum atomic E-state index is 10.7. The van der Waals surface area contributed by atoms with Crippen molar-refractivity contribution in [3.8, 4) is 0 Å². The molecule has 0 aliphatic heterocycles. The van der Waals surface area contributed by atoms with E-state index in [1.54, 1.807) is 0 Å². The van der Waals surface area contributed by atoms with Crippen LogP contribution in [0.2, 0.25) is 0 Å². The second kappa shape index (κ2) is 3.35. The van der Waals surface area contributed by atoms with Gasteiger partial charge >= 0.3 is 5.37 Å². The average molecular weight is 209 g/mol. The molecular formula is C10H9ClN2O. The molecule has 1 aromatic carbocycles. The first-order valence-corrected chi connectivity index (χ1v) is 4.60. The molecule has 3 nitrogen and oxygen atoms in total. The molecule has 1 heterocycles. The largest absolute Gasteiger partial charge is 0.357 e. The first kappa shape index (κ1) is 9.09. The van der Waals surface area contributed by atoms with Crippen LogP contribution in [0.25, 0.3) is 10.9 Å². The van der Waals surface area contributed by atoms with Crippen molar-refractivity contribution in [2.24, 2.45) is 0 Å². The molecule has 0 saturated heterocycles. The molecule has 1 amide bonds. The summed E-state index contributed by atoms with van der Waals surface area (Å²) < 4.78 is 0. The first-order valence-electron chi connectivity index (χ1n) is 4.22. The van der Waals surface area contributed by atoms with Crippen molar-refractivity contribution in [3.05, 3.63) is 30.0 Å². The lowest BCUT2D eigenvalue weighted by Gasteiger charge is -1.99. The number of anilines is 1. The van der Waals surface area contributed by atoms with Crippen molar-refractivity contribution in [1.82, 2.24) is 4.98 Å². The van der Waals surface area contributed by atoms with E-state index in [0.717, 1.165) is 22.3 Å². The predicted octanol–water partition coefficient (Wildman–Crippen LogP) is 3.25. The van der Waals surface area contributed by atoms with E-state index in [2.05, 4.69) is 10.3 Å². The van der Waals surface area contributed by atoms with Crippen molar-refractivity contribution < 1.29 is 4.79 Å². The molecular weight excluding hydrogens is 200 g/mol. The highest BCUT2D eigenvalue weighted by Crippen LogP contribution is 2.26. The van der Waals surface area contributed by atoms with Crippen molar-refractivity contribution in [2.45, 2.75) is 6.92 Å². The number of hydrogen-bond donors (Lipinski definition) is 2. The van der Waals surface area contributed by atoms with E-state index in [1.807, 2.05) is 31.2 Å². The molecule has 0 aliphatic rings. The normalized spacial score (nSPS) is 10.4. The number of rotatable bonds is 1. The third-order valence-corrected chi connectivity index (χ3v) is 2.21. The van der Waals surface area contributed by atoms with Crippen molar-refractivity contribution in [2.75, 3.05) is 5.32 Å². The number of nitrogens with one attached hydrogen (secondary N) is 2. The van der Waals surface area contributed by atoms with Crippen LogP contribution in [-0.2, 0) is 0 Å². The number of aromatic amines is 1. The van der Waals surface area contributed by atoms with Gasteiger partial charge in [0.25, 0.3) is 0 Å². The van der Waals surface area contributed by atoms with Crippen LogP contribution in [-0.4, -0.2) is 10.4 Å². The van der Waals surface area contributed by atoms with Crippen LogP contribution in [0.15, 0.2) is 24.3 Å². The fourth-order valence-corrected chi connectivity index (χ4v) is 1.63. The quantitative estimate of drug-likeness (QED) is 0.549. The van der Waals surface area contributed by atoms with Gasteiger partial charge < -0.3 is 10.3 Å². The fraction of sp³-hybridized carbons (Fsp3) is 0.100. The zero-order chi connectivity index (χ0) is 10.1. The highest BCUT2D eigenvalue weighted by molar-refractivity contribution is 6.66. The van der Waals surface area contributed by atoms with Gasteiger partial charge in [0.2, 0.25) is 0 Å². The first-order chi connectivity index (χ1) is 6.68. The maximum Gasteiger partial charge on any atom is 0.318 e. The monoisotopic (exact) mass is 208 g/mol. The lowest BCUT2D eigenvalue weighted by molar-refractivity contribution is 0.269. The Morgan fingerprint density at radius 1 is 1.43 bits per heavy atom. The Hall–Kier alpha value is -1.48. The molecule has 2 aromatic rings. The minimum absolute atomic E-state index is 0.571. The van der Waals surface area contributed by atoms with Gasteiger partial charge in [-0.15, -0.1) is 0 Å². The van der Waals surface area contributed by atoms with Crippen molar-refractivity contribution >= 4 is 33.6 Å². The average Bonchev–Trinajstić information content (AvgIpc) is 2.43. The van der Waals surface area contributed by atoms with Crippen LogP contribution >= 0.6 is 11.6 Å². The summed E-state index contributed by atoms with van der Waals surface area (Å²) >= 11 is 5.28. The molecule has 0 fully saturated rings. The Labute approximate surface area is 86.1 Å². The molecule has 0 aliphatic carbocycles. The van der Waals surface area contributed by atoms with Crippen LogP contribution < -0.4 is 5.32 Å². The molecule has 14 heavy (non-hydrogen) atoms. The summed E-state index contributed by atoms with van der Waals surface area (Å²) in [4.78, 5) is 13.9. The molecule has 0 atom stereocenters. The molecule has 0 bridgehead atoms. The highest BCUT2D eigenvalue weighted by Gasteiger charge is 2.08. The van der Waals surface area contributed by atoms with Gasteiger partial charge in [0.1, 0.15) is 0 Å². The minimum Gasteiger partial charge on any atom is -0.357 e. The number of aromatic nitrogens is 1. The third-order valence-electron chi connectivity index (χ3n) is 2.12. The molecule has 2 N–H and O–H groups in total. The lowest BCUT2D eigenvalue weighted by Crippen LogP contribution is -2.01. The molecule has 2 rings (SSSR count). The number of amides is 1. The van der Waals surface area contributed by atoms with E-state index in [1.165, 1.54) is 0 Å². The van der Waals surface area contributed by atoms with E-state index in [4.69, 9.17) is 11.6 Å². The van der Waals surface area contributed by atoms with Gasteiger partial charge in [-0.05, 0) is 24.6 Å². The van der Waals surface area contributed by atoms with E-state index >= 15 is 0 Å². The van der Waals surface area contributed by atoms with E-state index in [0.29, 0.717) is 0 Å². The Kier molecular flexibility index (Phi) is 2.17. The number of aryl methyl sites for hydroxylation is 1. The number of carbonyl (C=O) groups excluding carboxylic acids is 1. The topological polar surface area (TPSA) is 44.9 Å². The van der Waals surface area contributed by atoms with Crippen molar-refractivity contribution in [3.63, 3.8) is 0 Å². The summed E-state index contributed by atoms with van der Waals surface area (Å²) in [6.07, 6.45) is 0. The minimum atomic E-state index is -0.571. The number of carbonyl (C=O) groups is 1. The molecule has 0 radical (unpaired) electrons. The maximum absolute atomic E-state index is 10.7. The van der Waals surface area contributed by atoms with Crippen LogP contribution in [0, 0.1) is 6.92 Å². The van der Waals surface area contributed by atoms with E-state index < -0.39 is 5.37 Å². The number of benzene rings is 1. The van der Waals surface area contributed by atoms with E-state index in [-0.39, 0.29) is 0 Å². The Balaban J connectivity index is 2.62. The zero-order valence-corrected chi connectivity index (χ0v) is 8.35. The second-order valence-corrected chi connectivity index (χ2v) is 3.41. The SMILES string of the molecule is Cc1[nH]c2ccccc2c1NC(=O)Cl.